The van der Waals surface area contributed by atoms with Gasteiger partial charge in [-0.25, -0.2) is 5.26 Å². The van der Waals surface area contributed by atoms with Crippen molar-refractivity contribution in [3.63, 3.8) is 0 Å². The summed E-state index contributed by atoms with van der Waals surface area (Å²) in [7, 11) is 0. The Morgan fingerprint density at radius 2 is 2.33 bits per heavy atom. The molecule has 12 heavy (non-hydrogen) atoms. The van der Waals surface area contributed by atoms with E-state index < -0.39 is 0 Å². The topological polar surface area (TPSA) is 27.0 Å². The average Bonchev–Trinajstić information content (AvgIpc) is 2.61. The van der Waals surface area contributed by atoms with Crippen LogP contribution in [0.3, 0.4) is 0 Å². The van der Waals surface area contributed by atoms with Gasteiger partial charge in [-0.15, -0.1) is 0 Å². The summed E-state index contributed by atoms with van der Waals surface area (Å²) in [6.07, 6.45) is 4.70. The Balaban J connectivity index is 2.02. The van der Waals surface area contributed by atoms with E-state index in [1.807, 2.05) is 0 Å². The molecule has 2 fully saturated rings. The van der Waals surface area contributed by atoms with Crippen molar-refractivity contribution in [2.24, 2.45) is 5.41 Å². The van der Waals surface area contributed by atoms with Gasteiger partial charge in [0, 0.05) is 19.1 Å². The van der Waals surface area contributed by atoms with Crippen molar-refractivity contribution in [3.8, 4) is 5.97 Å². The van der Waals surface area contributed by atoms with Crippen molar-refractivity contribution in [2.45, 2.75) is 25.5 Å². The molecule has 0 aromatic heterocycles. The Morgan fingerprint density at radius 1 is 1.50 bits per heavy atom. The summed E-state index contributed by atoms with van der Waals surface area (Å²) in [6, 6.07) is 0. The van der Waals surface area contributed by atoms with Crippen LogP contribution in [0.5, 0.6) is 0 Å². The van der Waals surface area contributed by atoms with Gasteiger partial charge in [0.1, 0.15) is 0 Å². The van der Waals surface area contributed by atoms with Crippen LogP contribution in [0.2, 0.25) is 12.6 Å². The maximum absolute atomic E-state index is 8.79. The third-order valence-corrected chi connectivity index (χ3v) is 3.64. The van der Waals surface area contributed by atoms with Gasteiger partial charge >= 0.3 is 0 Å². The highest BCUT2D eigenvalue weighted by molar-refractivity contribution is 7.77. The van der Waals surface area contributed by atoms with Crippen LogP contribution in [-0.2, 0) is 0 Å². The fourth-order valence-corrected chi connectivity index (χ4v) is 3.00. The first kappa shape index (κ1) is 8.46. The van der Waals surface area contributed by atoms with Crippen LogP contribution in [-0.4, -0.2) is 24.1 Å². The third kappa shape index (κ3) is 1.36. The summed E-state index contributed by atoms with van der Waals surface area (Å²) in [4.78, 5) is 0. The lowest BCUT2D eigenvalue weighted by Gasteiger charge is -2.21. The monoisotopic (exact) mass is 180 g/mol. The van der Waals surface area contributed by atoms with E-state index >= 15 is 0 Å². The van der Waals surface area contributed by atoms with Gasteiger partial charge in [0.15, 0.2) is 0 Å². The number of nitriles is 1. The van der Waals surface area contributed by atoms with Crippen molar-refractivity contribution in [1.29, 1.82) is 5.26 Å². The molecule has 0 N–H and O–H groups in total. The van der Waals surface area contributed by atoms with Crippen molar-refractivity contribution in [2.75, 3.05) is 13.1 Å². The van der Waals surface area contributed by atoms with E-state index in [0.717, 1.165) is 25.7 Å². The number of hydrogen-bond donors (Lipinski definition) is 1. The highest BCUT2D eigenvalue weighted by Gasteiger charge is 2.44. The minimum absolute atomic E-state index is 0.324. The van der Waals surface area contributed by atoms with Crippen LogP contribution in [0.25, 0.3) is 0 Å². The minimum atomic E-state index is 0.324. The molecule has 2 nitrogen and oxygen atoms in total. The van der Waals surface area contributed by atoms with E-state index in [4.69, 9.17) is 5.26 Å². The molecule has 2 rings (SSSR count). The van der Waals surface area contributed by atoms with E-state index in [1.54, 1.807) is 0 Å². The smallest absolute Gasteiger partial charge is 0.253 e. The highest BCUT2D eigenvalue weighted by Crippen LogP contribution is 2.46. The first-order valence-corrected chi connectivity index (χ1v) is 4.98. The average molecular weight is 180 g/mol. The summed E-state index contributed by atoms with van der Waals surface area (Å²) in [5, 5.41) is 8.79. The molecule has 0 amide bonds. The largest absolute Gasteiger partial charge is 0.268 e. The lowest BCUT2D eigenvalue weighted by Crippen LogP contribution is -2.20. The zero-order valence-corrected chi connectivity index (χ0v) is 8.06. The molecule has 0 bridgehead atoms. The Labute approximate surface area is 79.5 Å². The summed E-state index contributed by atoms with van der Waals surface area (Å²) < 4.78 is 2.10. The second-order valence-electron chi connectivity index (χ2n) is 4.21. The van der Waals surface area contributed by atoms with Crippen LogP contribution in [0.1, 0.15) is 12.8 Å². The summed E-state index contributed by atoms with van der Waals surface area (Å²) in [6.45, 7) is 2.51. The molecule has 1 unspecified atom stereocenters. The number of thiol groups is 1. The lowest BCUT2D eigenvalue weighted by molar-refractivity contribution is 0.352. The van der Waals surface area contributed by atoms with Gasteiger partial charge in [0.2, 0.25) is 0 Å². The van der Waals surface area contributed by atoms with Gasteiger partial charge in [0.05, 0.1) is 0 Å². The number of hydrogen-bond acceptors (Lipinski definition) is 3. The summed E-state index contributed by atoms with van der Waals surface area (Å²) in [5.41, 5.74) is 0.460. The normalized spacial score (nSPS) is 36.2. The summed E-state index contributed by atoms with van der Waals surface area (Å²) >= 11 is 4.35. The van der Waals surface area contributed by atoms with E-state index in [-0.39, 0.29) is 0 Å². The first-order valence-electron chi connectivity index (χ1n) is 4.58. The van der Waals surface area contributed by atoms with Gasteiger partial charge in [-0.1, -0.05) is 31.9 Å². The zero-order chi connectivity index (χ0) is 8.60. The molecule has 0 aromatic rings. The third-order valence-electron chi connectivity index (χ3n) is 3.30. The molecule has 1 atom stereocenters. The molecule has 2 saturated heterocycles. The molecule has 4 heteroatoms. The maximum Gasteiger partial charge on any atom is 0.268 e. The Hall–Kier alpha value is -0.135. The van der Waals surface area contributed by atoms with Gasteiger partial charge in [-0.3, -0.25) is 4.31 Å². The standard InChI is InChI=1S/C8H13BN2S/c10-7-9-3-1-8(5-9)2-4-11(12)6-8/h12H,1-6H2. The van der Waals surface area contributed by atoms with Gasteiger partial charge in [0.25, 0.3) is 6.71 Å². The zero-order valence-electron chi connectivity index (χ0n) is 7.16. The van der Waals surface area contributed by atoms with Crippen LogP contribution in [0, 0.1) is 16.6 Å². The fraction of sp³-hybridized carbons (Fsp3) is 0.875. The molecule has 2 heterocycles. The van der Waals surface area contributed by atoms with E-state index in [0.29, 0.717) is 12.1 Å². The number of rotatable bonds is 0. The fourth-order valence-electron chi connectivity index (χ4n) is 2.60. The highest BCUT2D eigenvalue weighted by atomic mass is 32.1. The number of nitrogens with zero attached hydrogens (tertiary/aromatic N) is 2. The second-order valence-corrected chi connectivity index (χ2v) is 4.77. The van der Waals surface area contributed by atoms with Crippen LogP contribution in [0.15, 0.2) is 0 Å². The molecule has 64 valence electrons. The minimum Gasteiger partial charge on any atom is -0.253 e. The van der Waals surface area contributed by atoms with Crippen LogP contribution < -0.4 is 0 Å². The summed E-state index contributed by atoms with van der Waals surface area (Å²) in [5.74, 6) is 2.39. The van der Waals surface area contributed by atoms with Crippen LogP contribution in [0.4, 0.5) is 0 Å². The molecule has 2 aliphatic rings. The SMILES string of the molecule is N#CB1CCC2(CCN(S)C2)C1. The Morgan fingerprint density at radius 3 is 2.83 bits per heavy atom. The van der Waals surface area contributed by atoms with Gasteiger partial charge in [-0.2, -0.15) is 0 Å². The second kappa shape index (κ2) is 2.97. The van der Waals surface area contributed by atoms with Crippen LogP contribution >= 0.6 is 12.8 Å². The molecular weight excluding hydrogens is 167 g/mol. The maximum atomic E-state index is 8.79. The van der Waals surface area contributed by atoms with Crippen molar-refractivity contribution < 1.29 is 0 Å². The molecule has 2 aliphatic heterocycles. The molecule has 0 aliphatic carbocycles. The van der Waals surface area contributed by atoms with E-state index in [1.165, 1.54) is 12.8 Å². The molecule has 0 aromatic carbocycles. The lowest BCUT2D eigenvalue weighted by atomic mass is 9.48. The quantitative estimate of drug-likeness (QED) is 0.451. The van der Waals surface area contributed by atoms with Crippen molar-refractivity contribution in [3.05, 3.63) is 0 Å². The van der Waals surface area contributed by atoms with E-state index in [9.17, 15) is 0 Å². The predicted octanol–water partition coefficient (Wildman–Crippen LogP) is 1.48. The Kier molecular flexibility index (Phi) is 2.10. The molecular formula is C8H13BN2S. The van der Waals surface area contributed by atoms with Crippen molar-refractivity contribution in [1.82, 2.24) is 4.31 Å². The Bertz CT molecular complexity index is 228. The molecule has 0 saturated carbocycles. The first-order chi connectivity index (χ1) is 5.74. The van der Waals surface area contributed by atoms with E-state index in [2.05, 4.69) is 23.1 Å². The molecule has 1 spiro atoms. The van der Waals surface area contributed by atoms with Gasteiger partial charge < -0.3 is 0 Å². The van der Waals surface area contributed by atoms with Crippen molar-refractivity contribution >= 4 is 19.5 Å². The molecule has 0 radical (unpaired) electrons. The predicted molar refractivity (Wildman–Crippen MR) is 53.2 cm³/mol. The van der Waals surface area contributed by atoms with Gasteiger partial charge in [-0.05, 0) is 11.8 Å².